The van der Waals surface area contributed by atoms with E-state index in [0.29, 0.717) is 17.1 Å². The number of hydrogen-bond donors (Lipinski definition) is 1. The highest BCUT2D eigenvalue weighted by molar-refractivity contribution is 6.01. The van der Waals surface area contributed by atoms with Gasteiger partial charge in [-0.1, -0.05) is 6.07 Å². The van der Waals surface area contributed by atoms with Crippen LogP contribution in [0.25, 0.3) is 6.08 Å². The van der Waals surface area contributed by atoms with Crippen molar-refractivity contribution in [2.45, 2.75) is 0 Å². The number of methoxy groups -OCH3 is 1. The Balaban J connectivity index is 3.10. The van der Waals surface area contributed by atoms with Crippen LogP contribution in [0.1, 0.15) is 5.56 Å². The number of nitrogens with zero attached hydrogens (tertiary/aromatic N) is 2. The molecule has 0 heterocycles. The summed E-state index contributed by atoms with van der Waals surface area (Å²) < 4.78 is 10.3. The summed E-state index contributed by atoms with van der Waals surface area (Å²) in [7, 11) is 2.92. The van der Waals surface area contributed by atoms with Crippen LogP contribution in [0.5, 0.6) is 11.5 Å². The van der Waals surface area contributed by atoms with E-state index in [-0.39, 0.29) is 12.2 Å². The van der Waals surface area contributed by atoms with Gasteiger partial charge in [-0.3, -0.25) is 4.79 Å². The monoisotopic (exact) mass is 271 g/mol. The Labute approximate surface area is 116 Å². The summed E-state index contributed by atoms with van der Waals surface area (Å²) in [6.07, 6.45) is 1.44. The summed E-state index contributed by atoms with van der Waals surface area (Å²) in [6.45, 7) is -0.0900. The smallest absolute Gasteiger partial charge is 0.261 e. The molecule has 1 aromatic carbocycles. The van der Waals surface area contributed by atoms with Crippen molar-refractivity contribution in [2.75, 3.05) is 20.8 Å². The number of nitrogens with one attached hydrogen (secondary N) is 1. The fourth-order valence-corrected chi connectivity index (χ4v) is 1.45. The summed E-state index contributed by atoms with van der Waals surface area (Å²) >= 11 is 0. The Morgan fingerprint density at radius 3 is 2.70 bits per heavy atom. The SMILES string of the molecule is CNC(=O)/C(C#N)=C\c1ccc(OCC#N)c(OC)c1. The van der Waals surface area contributed by atoms with Crippen LogP contribution < -0.4 is 14.8 Å². The van der Waals surface area contributed by atoms with E-state index < -0.39 is 5.91 Å². The van der Waals surface area contributed by atoms with E-state index in [2.05, 4.69) is 5.32 Å². The molecule has 1 amide bonds. The minimum absolute atomic E-state index is 0.0137. The normalized spacial score (nSPS) is 10.1. The highest BCUT2D eigenvalue weighted by atomic mass is 16.5. The fraction of sp³-hybridized carbons (Fsp3) is 0.214. The van der Waals surface area contributed by atoms with E-state index in [1.54, 1.807) is 18.2 Å². The first kappa shape index (κ1) is 15.1. The number of carbonyl (C=O) groups is 1. The molecule has 20 heavy (non-hydrogen) atoms. The van der Waals surface area contributed by atoms with Gasteiger partial charge >= 0.3 is 0 Å². The Kier molecular flexibility index (Phi) is 5.61. The third-order valence-electron chi connectivity index (χ3n) is 2.38. The third kappa shape index (κ3) is 3.76. The number of ether oxygens (including phenoxy) is 2. The zero-order valence-electron chi connectivity index (χ0n) is 11.1. The van der Waals surface area contributed by atoms with Crippen LogP contribution in [0.4, 0.5) is 0 Å². The quantitative estimate of drug-likeness (QED) is 0.642. The van der Waals surface area contributed by atoms with Gasteiger partial charge in [0.2, 0.25) is 0 Å². The van der Waals surface area contributed by atoms with Gasteiger partial charge in [-0.15, -0.1) is 0 Å². The van der Waals surface area contributed by atoms with Gasteiger partial charge in [0.1, 0.15) is 17.7 Å². The number of rotatable bonds is 5. The Hall–Kier alpha value is -2.99. The molecule has 0 aliphatic heterocycles. The highest BCUT2D eigenvalue weighted by Gasteiger charge is 2.09. The molecule has 0 aliphatic rings. The lowest BCUT2D eigenvalue weighted by Gasteiger charge is -2.09. The Bertz CT molecular complexity index is 609. The van der Waals surface area contributed by atoms with Crippen LogP contribution in [0.2, 0.25) is 0 Å². The molecule has 0 aromatic heterocycles. The molecule has 0 aliphatic carbocycles. The molecule has 1 aromatic rings. The minimum Gasteiger partial charge on any atom is -0.493 e. The summed E-state index contributed by atoms with van der Waals surface area (Å²) in [6, 6.07) is 8.57. The van der Waals surface area contributed by atoms with Gasteiger partial charge in [-0.05, 0) is 23.8 Å². The molecule has 0 radical (unpaired) electrons. The van der Waals surface area contributed by atoms with E-state index in [9.17, 15) is 4.79 Å². The van der Waals surface area contributed by atoms with Crippen molar-refractivity contribution >= 4 is 12.0 Å². The molecular formula is C14H13N3O3. The van der Waals surface area contributed by atoms with E-state index in [0.717, 1.165) is 0 Å². The second-order valence-corrected chi connectivity index (χ2v) is 3.61. The van der Waals surface area contributed by atoms with Gasteiger partial charge < -0.3 is 14.8 Å². The maximum absolute atomic E-state index is 11.4. The van der Waals surface area contributed by atoms with Crippen molar-refractivity contribution in [2.24, 2.45) is 0 Å². The average Bonchev–Trinajstić information content (AvgIpc) is 2.50. The molecule has 0 fully saturated rings. The van der Waals surface area contributed by atoms with Crippen molar-refractivity contribution in [3.8, 4) is 23.6 Å². The average molecular weight is 271 g/mol. The molecular weight excluding hydrogens is 258 g/mol. The third-order valence-corrected chi connectivity index (χ3v) is 2.38. The topological polar surface area (TPSA) is 95.1 Å². The number of benzene rings is 1. The molecule has 102 valence electrons. The van der Waals surface area contributed by atoms with Crippen LogP contribution in [-0.2, 0) is 4.79 Å². The van der Waals surface area contributed by atoms with Crippen LogP contribution in [0.15, 0.2) is 23.8 Å². The van der Waals surface area contributed by atoms with Crippen molar-refractivity contribution in [1.82, 2.24) is 5.32 Å². The van der Waals surface area contributed by atoms with Crippen molar-refractivity contribution in [1.29, 1.82) is 10.5 Å². The first-order chi connectivity index (χ1) is 9.65. The number of hydrogen-bond acceptors (Lipinski definition) is 5. The first-order valence-electron chi connectivity index (χ1n) is 5.68. The molecule has 6 heteroatoms. The Morgan fingerprint density at radius 1 is 1.40 bits per heavy atom. The van der Waals surface area contributed by atoms with Crippen LogP contribution >= 0.6 is 0 Å². The summed E-state index contributed by atoms with van der Waals surface area (Å²) in [4.78, 5) is 11.4. The molecule has 6 nitrogen and oxygen atoms in total. The van der Waals surface area contributed by atoms with E-state index in [1.807, 2.05) is 12.1 Å². The van der Waals surface area contributed by atoms with E-state index in [4.69, 9.17) is 20.0 Å². The molecule has 0 saturated heterocycles. The molecule has 0 unspecified atom stereocenters. The second kappa shape index (κ2) is 7.45. The lowest BCUT2D eigenvalue weighted by atomic mass is 10.1. The van der Waals surface area contributed by atoms with Gasteiger partial charge in [0, 0.05) is 7.05 Å². The molecule has 0 saturated carbocycles. The summed E-state index contributed by atoms with van der Waals surface area (Å²) in [5.41, 5.74) is 0.603. The van der Waals surface area contributed by atoms with Crippen LogP contribution in [-0.4, -0.2) is 26.7 Å². The number of carbonyl (C=O) groups excluding carboxylic acids is 1. The van der Waals surface area contributed by atoms with Gasteiger partial charge in [-0.25, -0.2) is 0 Å². The number of nitriles is 2. The zero-order valence-corrected chi connectivity index (χ0v) is 11.1. The lowest BCUT2D eigenvalue weighted by molar-refractivity contribution is -0.116. The summed E-state index contributed by atoms with van der Waals surface area (Å²) in [5.74, 6) is 0.379. The minimum atomic E-state index is -0.462. The van der Waals surface area contributed by atoms with E-state index >= 15 is 0 Å². The maximum atomic E-state index is 11.4. The molecule has 0 spiro atoms. The summed E-state index contributed by atoms with van der Waals surface area (Å²) in [5, 5.41) is 19.8. The molecule has 1 N–H and O–H groups in total. The molecule has 0 bridgehead atoms. The number of likely N-dealkylation sites (N-methyl/N-ethyl adjacent to an activating group) is 1. The highest BCUT2D eigenvalue weighted by Crippen LogP contribution is 2.28. The predicted molar refractivity (Wildman–Crippen MR) is 71.8 cm³/mol. The van der Waals surface area contributed by atoms with Crippen molar-refractivity contribution in [3.05, 3.63) is 29.3 Å². The lowest BCUT2D eigenvalue weighted by Crippen LogP contribution is -2.19. The Morgan fingerprint density at radius 2 is 2.15 bits per heavy atom. The molecule has 0 atom stereocenters. The number of amides is 1. The molecule has 1 rings (SSSR count). The largest absolute Gasteiger partial charge is 0.493 e. The van der Waals surface area contributed by atoms with Gasteiger partial charge in [-0.2, -0.15) is 10.5 Å². The van der Waals surface area contributed by atoms with Crippen molar-refractivity contribution < 1.29 is 14.3 Å². The fourth-order valence-electron chi connectivity index (χ4n) is 1.45. The predicted octanol–water partition coefficient (Wildman–Crippen LogP) is 1.25. The standard InChI is InChI=1S/C14H13N3O3/c1-17-14(18)11(9-16)7-10-3-4-12(20-6-5-15)13(8-10)19-2/h3-4,7-8H,6H2,1-2H3,(H,17,18)/b11-7-. The van der Waals surface area contributed by atoms with Crippen molar-refractivity contribution in [3.63, 3.8) is 0 Å². The first-order valence-corrected chi connectivity index (χ1v) is 5.68. The van der Waals surface area contributed by atoms with Gasteiger partial charge in [0.05, 0.1) is 7.11 Å². The van der Waals surface area contributed by atoms with Crippen LogP contribution in [0, 0.1) is 22.7 Å². The van der Waals surface area contributed by atoms with Crippen LogP contribution in [0.3, 0.4) is 0 Å². The second-order valence-electron chi connectivity index (χ2n) is 3.61. The van der Waals surface area contributed by atoms with E-state index in [1.165, 1.54) is 20.2 Å². The van der Waals surface area contributed by atoms with Gasteiger partial charge in [0.25, 0.3) is 5.91 Å². The maximum Gasteiger partial charge on any atom is 0.261 e. The zero-order chi connectivity index (χ0) is 15.0. The van der Waals surface area contributed by atoms with Gasteiger partial charge in [0.15, 0.2) is 18.1 Å².